The molecule has 0 radical (unpaired) electrons. The summed E-state index contributed by atoms with van der Waals surface area (Å²) >= 11 is 0. The van der Waals surface area contributed by atoms with Crippen molar-refractivity contribution in [2.75, 3.05) is 14.2 Å². The molecule has 0 aliphatic heterocycles. The van der Waals surface area contributed by atoms with Crippen LogP contribution in [0.3, 0.4) is 0 Å². The van der Waals surface area contributed by atoms with Crippen LogP contribution in [0.5, 0.6) is 11.6 Å². The van der Waals surface area contributed by atoms with Crippen LogP contribution in [0.1, 0.15) is 10.4 Å². The zero-order valence-corrected chi connectivity index (χ0v) is 14.7. The van der Waals surface area contributed by atoms with E-state index < -0.39 is 11.9 Å². The number of benzene rings is 2. The smallest absolute Gasteiger partial charge is 0.325 e. The number of carbonyl (C=O) groups excluding carboxylic acids is 2. The van der Waals surface area contributed by atoms with Crippen molar-refractivity contribution in [2.45, 2.75) is 6.54 Å². The molecule has 0 spiro atoms. The van der Waals surface area contributed by atoms with E-state index in [0.717, 1.165) is 0 Å². The van der Waals surface area contributed by atoms with Crippen LogP contribution < -0.4 is 4.74 Å². The summed E-state index contributed by atoms with van der Waals surface area (Å²) in [7, 11) is 2.79. The number of carbonyl (C=O) groups is 2. The lowest BCUT2D eigenvalue weighted by atomic mass is 10.2. The number of fused-ring (bicyclic) bond motifs is 1. The summed E-state index contributed by atoms with van der Waals surface area (Å²) in [5.41, 5.74) is 1.01. The van der Waals surface area contributed by atoms with E-state index in [9.17, 15) is 14.7 Å². The maximum atomic E-state index is 12.2. The molecule has 0 unspecified atom stereocenters. The van der Waals surface area contributed by atoms with E-state index in [1.54, 1.807) is 48.5 Å². The molecular weight excluding hydrogens is 350 g/mol. The monoisotopic (exact) mass is 367 g/mol. The molecule has 2 aromatic carbocycles. The molecule has 0 aliphatic rings. The average molecular weight is 367 g/mol. The second-order valence-electron chi connectivity index (χ2n) is 5.59. The lowest BCUT2D eigenvalue weighted by Gasteiger charge is -2.04. The molecule has 8 nitrogen and oxygen atoms in total. The van der Waals surface area contributed by atoms with Crippen molar-refractivity contribution in [3.63, 3.8) is 0 Å². The van der Waals surface area contributed by atoms with Gasteiger partial charge < -0.3 is 14.6 Å². The molecule has 3 aromatic rings. The van der Waals surface area contributed by atoms with Crippen molar-refractivity contribution >= 4 is 28.5 Å². The Kier molecular flexibility index (Phi) is 5.16. The predicted octanol–water partition coefficient (Wildman–Crippen LogP) is 3.45. The molecule has 0 bridgehead atoms. The number of rotatable bonds is 5. The van der Waals surface area contributed by atoms with Gasteiger partial charge in [-0.25, -0.2) is 0 Å². The Morgan fingerprint density at radius 3 is 2.44 bits per heavy atom. The van der Waals surface area contributed by atoms with Crippen molar-refractivity contribution in [1.82, 2.24) is 4.57 Å². The molecule has 0 atom stereocenters. The largest absolute Gasteiger partial charge is 0.497 e. The summed E-state index contributed by atoms with van der Waals surface area (Å²) < 4.78 is 11.1. The van der Waals surface area contributed by atoms with Crippen LogP contribution in [0, 0.1) is 0 Å². The minimum Gasteiger partial charge on any atom is -0.497 e. The fourth-order valence-electron chi connectivity index (χ4n) is 2.61. The van der Waals surface area contributed by atoms with Crippen LogP contribution in [0.2, 0.25) is 0 Å². The number of hydrogen-bond donors (Lipinski definition) is 1. The van der Waals surface area contributed by atoms with Crippen molar-refractivity contribution in [2.24, 2.45) is 10.2 Å². The number of para-hydroxylation sites is 1. The summed E-state index contributed by atoms with van der Waals surface area (Å²) in [6.07, 6.45) is 0. The molecule has 8 heteroatoms. The SMILES string of the molecule is COC(=O)Cn1c(O)c(N=NC(=O)c2ccc(OC)cc2)c2ccccc21. The third kappa shape index (κ3) is 3.64. The van der Waals surface area contributed by atoms with Gasteiger partial charge in [0.25, 0.3) is 5.91 Å². The van der Waals surface area contributed by atoms with Crippen LogP contribution in [0.15, 0.2) is 58.8 Å². The van der Waals surface area contributed by atoms with E-state index >= 15 is 0 Å². The summed E-state index contributed by atoms with van der Waals surface area (Å²) in [6.45, 7) is -0.190. The number of nitrogens with zero attached hydrogens (tertiary/aromatic N) is 3. The van der Waals surface area contributed by atoms with E-state index in [2.05, 4.69) is 15.0 Å². The normalized spacial score (nSPS) is 11.0. The fourth-order valence-corrected chi connectivity index (χ4v) is 2.61. The summed E-state index contributed by atoms with van der Waals surface area (Å²) in [6, 6.07) is 13.4. The lowest BCUT2D eigenvalue weighted by molar-refractivity contribution is -0.141. The molecule has 27 heavy (non-hydrogen) atoms. The number of methoxy groups -OCH3 is 2. The van der Waals surface area contributed by atoms with Crippen molar-refractivity contribution in [3.05, 3.63) is 54.1 Å². The highest BCUT2D eigenvalue weighted by Gasteiger charge is 2.19. The minimum absolute atomic E-state index is 0.108. The number of amides is 1. The van der Waals surface area contributed by atoms with Gasteiger partial charge in [0.15, 0.2) is 5.69 Å². The number of esters is 1. The second-order valence-corrected chi connectivity index (χ2v) is 5.59. The molecule has 0 saturated carbocycles. The van der Waals surface area contributed by atoms with Gasteiger partial charge in [-0.2, -0.15) is 0 Å². The Morgan fingerprint density at radius 2 is 1.78 bits per heavy atom. The fraction of sp³-hybridized carbons (Fsp3) is 0.158. The summed E-state index contributed by atoms with van der Waals surface area (Å²) in [5.74, 6) is -0.745. The first-order chi connectivity index (χ1) is 13.0. The molecule has 0 saturated heterocycles. The molecule has 1 N–H and O–H groups in total. The van der Waals surface area contributed by atoms with E-state index in [-0.39, 0.29) is 18.1 Å². The Morgan fingerprint density at radius 1 is 1.07 bits per heavy atom. The minimum atomic E-state index is -0.568. The molecule has 1 aromatic heterocycles. The Labute approximate surface area is 154 Å². The number of azo groups is 1. The Bertz CT molecular complexity index is 1020. The third-order valence-corrected chi connectivity index (χ3v) is 4.01. The average Bonchev–Trinajstić information content (AvgIpc) is 2.97. The van der Waals surface area contributed by atoms with Crippen molar-refractivity contribution in [3.8, 4) is 11.6 Å². The highest BCUT2D eigenvalue weighted by molar-refractivity contribution is 5.97. The predicted molar refractivity (Wildman–Crippen MR) is 97.5 cm³/mol. The maximum absolute atomic E-state index is 12.2. The van der Waals surface area contributed by atoms with Crippen LogP contribution in [0.25, 0.3) is 10.9 Å². The Balaban J connectivity index is 1.96. The number of hydrogen-bond acceptors (Lipinski definition) is 6. The van der Waals surface area contributed by atoms with Crippen LogP contribution in [0.4, 0.5) is 5.69 Å². The van der Waals surface area contributed by atoms with Crippen LogP contribution >= 0.6 is 0 Å². The number of aromatic nitrogens is 1. The van der Waals surface area contributed by atoms with E-state index in [1.807, 2.05) is 0 Å². The topological polar surface area (TPSA) is 102 Å². The highest BCUT2D eigenvalue weighted by Crippen LogP contribution is 2.38. The molecule has 0 fully saturated rings. The standard InChI is InChI=1S/C19H17N3O5/c1-26-13-9-7-12(8-10-13)18(24)21-20-17-14-5-3-4-6-15(14)22(19(17)25)11-16(23)27-2/h3-10,25H,11H2,1-2H3. The molecule has 0 aliphatic carbocycles. The van der Waals surface area contributed by atoms with Gasteiger partial charge in [-0.1, -0.05) is 18.2 Å². The van der Waals surface area contributed by atoms with Crippen molar-refractivity contribution in [1.29, 1.82) is 0 Å². The van der Waals surface area contributed by atoms with Gasteiger partial charge in [0.2, 0.25) is 5.88 Å². The quantitative estimate of drug-likeness (QED) is 0.549. The molecule has 3 rings (SSSR count). The zero-order chi connectivity index (χ0) is 19.4. The first kappa shape index (κ1) is 18.1. The molecular formula is C19H17N3O5. The maximum Gasteiger partial charge on any atom is 0.325 e. The van der Waals surface area contributed by atoms with Crippen LogP contribution in [-0.2, 0) is 16.1 Å². The molecule has 1 amide bonds. The number of aromatic hydroxyl groups is 1. The first-order valence-electron chi connectivity index (χ1n) is 8.02. The molecule has 1 heterocycles. The number of ether oxygens (including phenoxy) is 2. The van der Waals surface area contributed by atoms with Gasteiger partial charge in [0.05, 0.1) is 19.7 Å². The van der Waals surface area contributed by atoms with Gasteiger partial charge >= 0.3 is 5.97 Å². The van der Waals surface area contributed by atoms with Crippen LogP contribution in [-0.4, -0.2) is 35.8 Å². The van der Waals surface area contributed by atoms with E-state index in [4.69, 9.17) is 4.74 Å². The van der Waals surface area contributed by atoms with Gasteiger partial charge in [-0.3, -0.25) is 14.2 Å². The first-order valence-corrected chi connectivity index (χ1v) is 8.02. The van der Waals surface area contributed by atoms with Gasteiger partial charge in [0.1, 0.15) is 12.3 Å². The molecule has 138 valence electrons. The lowest BCUT2D eigenvalue weighted by Crippen LogP contribution is -2.10. The Hall–Kier alpha value is -3.68. The van der Waals surface area contributed by atoms with Gasteiger partial charge in [-0.15, -0.1) is 10.2 Å². The van der Waals surface area contributed by atoms with E-state index in [1.165, 1.54) is 18.8 Å². The second kappa shape index (κ2) is 7.69. The zero-order valence-electron chi connectivity index (χ0n) is 14.7. The van der Waals surface area contributed by atoms with Crippen molar-refractivity contribution < 1.29 is 24.2 Å². The van der Waals surface area contributed by atoms with E-state index in [0.29, 0.717) is 22.2 Å². The highest BCUT2D eigenvalue weighted by atomic mass is 16.5. The summed E-state index contributed by atoms with van der Waals surface area (Å²) in [5, 5.41) is 18.7. The third-order valence-electron chi connectivity index (χ3n) is 4.01. The van der Waals surface area contributed by atoms with Gasteiger partial charge in [0, 0.05) is 10.9 Å². The summed E-state index contributed by atoms with van der Waals surface area (Å²) in [4.78, 5) is 23.8. The van der Waals surface area contributed by atoms with Gasteiger partial charge in [-0.05, 0) is 30.3 Å².